The van der Waals surface area contributed by atoms with Gasteiger partial charge in [0.25, 0.3) is 5.91 Å². The summed E-state index contributed by atoms with van der Waals surface area (Å²) >= 11 is 0. The van der Waals surface area contributed by atoms with Crippen molar-refractivity contribution in [2.45, 2.75) is 18.9 Å². The van der Waals surface area contributed by atoms with Crippen molar-refractivity contribution in [2.24, 2.45) is 0 Å². The Morgan fingerprint density at radius 3 is 2.52 bits per heavy atom. The van der Waals surface area contributed by atoms with E-state index >= 15 is 0 Å². The van der Waals surface area contributed by atoms with E-state index in [1.165, 1.54) is 6.08 Å². The van der Waals surface area contributed by atoms with Crippen molar-refractivity contribution in [2.75, 3.05) is 5.32 Å². The van der Waals surface area contributed by atoms with Gasteiger partial charge in [0.1, 0.15) is 0 Å². The smallest absolute Gasteiger partial charge is 0.261 e. The van der Waals surface area contributed by atoms with Crippen LogP contribution in [0, 0.1) is 0 Å². The van der Waals surface area contributed by atoms with Gasteiger partial charge < -0.3 is 10.4 Å². The van der Waals surface area contributed by atoms with E-state index in [-0.39, 0.29) is 12.2 Å². The molecular weight excluding hydrogens is 290 g/mol. The van der Waals surface area contributed by atoms with Crippen LogP contribution in [0.25, 0.3) is 5.57 Å². The first kappa shape index (κ1) is 15.2. The van der Waals surface area contributed by atoms with Crippen molar-refractivity contribution in [3.8, 4) is 0 Å². The Balaban J connectivity index is 1.84. The predicted octanol–water partition coefficient (Wildman–Crippen LogP) is 2.89. The molecule has 0 unspecified atom stereocenters. The molecular formula is C19H17NO3. The summed E-state index contributed by atoms with van der Waals surface area (Å²) in [6.45, 7) is 1.83. The van der Waals surface area contributed by atoms with Gasteiger partial charge in [0.15, 0.2) is 11.4 Å². The molecule has 0 saturated heterocycles. The number of rotatable bonds is 4. The number of aliphatic hydroxyl groups is 1. The van der Waals surface area contributed by atoms with Crippen LogP contribution in [0.2, 0.25) is 0 Å². The van der Waals surface area contributed by atoms with Crippen LogP contribution in [-0.4, -0.2) is 16.8 Å². The van der Waals surface area contributed by atoms with Gasteiger partial charge in [-0.25, -0.2) is 0 Å². The zero-order valence-electron chi connectivity index (χ0n) is 12.7. The molecule has 1 amide bonds. The van der Waals surface area contributed by atoms with E-state index in [0.29, 0.717) is 11.3 Å². The van der Waals surface area contributed by atoms with Crippen molar-refractivity contribution < 1.29 is 14.7 Å². The number of amides is 1. The summed E-state index contributed by atoms with van der Waals surface area (Å²) in [4.78, 5) is 24.4. The van der Waals surface area contributed by atoms with E-state index in [1.807, 2.05) is 37.3 Å². The van der Waals surface area contributed by atoms with Gasteiger partial charge in [-0.2, -0.15) is 0 Å². The number of carbonyl (C=O) groups is 2. The van der Waals surface area contributed by atoms with Crippen LogP contribution in [0.4, 0.5) is 5.69 Å². The molecule has 0 spiro atoms. The molecule has 3 rings (SSSR count). The van der Waals surface area contributed by atoms with Crippen molar-refractivity contribution in [1.82, 2.24) is 0 Å². The van der Waals surface area contributed by atoms with E-state index in [1.54, 1.807) is 24.3 Å². The Morgan fingerprint density at radius 1 is 1.13 bits per heavy atom. The largest absolute Gasteiger partial charge is 0.375 e. The number of hydrogen-bond acceptors (Lipinski definition) is 3. The van der Waals surface area contributed by atoms with Gasteiger partial charge in [-0.1, -0.05) is 48.5 Å². The van der Waals surface area contributed by atoms with E-state index in [4.69, 9.17) is 0 Å². The average Bonchev–Trinajstić information content (AvgIpc) is 2.79. The Bertz CT molecular complexity index is 795. The second kappa shape index (κ2) is 5.82. The highest BCUT2D eigenvalue weighted by Gasteiger charge is 2.46. The topological polar surface area (TPSA) is 66.4 Å². The lowest BCUT2D eigenvalue weighted by Gasteiger charge is -2.19. The van der Waals surface area contributed by atoms with Crippen LogP contribution in [0.3, 0.4) is 0 Å². The first-order valence-corrected chi connectivity index (χ1v) is 7.40. The summed E-state index contributed by atoms with van der Waals surface area (Å²) in [5, 5.41) is 13.3. The summed E-state index contributed by atoms with van der Waals surface area (Å²) in [6, 6.07) is 16.4. The molecule has 1 heterocycles. The van der Waals surface area contributed by atoms with E-state index in [0.717, 1.165) is 11.1 Å². The highest BCUT2D eigenvalue weighted by Crippen LogP contribution is 2.38. The lowest BCUT2D eigenvalue weighted by molar-refractivity contribution is -0.138. The van der Waals surface area contributed by atoms with Gasteiger partial charge >= 0.3 is 0 Å². The summed E-state index contributed by atoms with van der Waals surface area (Å²) in [7, 11) is 0. The number of anilines is 1. The van der Waals surface area contributed by atoms with Gasteiger partial charge in [-0.05, 0) is 30.2 Å². The second-order valence-corrected chi connectivity index (χ2v) is 5.70. The van der Waals surface area contributed by atoms with Crippen LogP contribution >= 0.6 is 0 Å². The number of allylic oxidation sites excluding steroid dienone is 2. The zero-order chi connectivity index (χ0) is 16.4. The normalized spacial score (nSPS) is 20.1. The van der Waals surface area contributed by atoms with Gasteiger partial charge in [-0.3, -0.25) is 9.59 Å². The molecule has 2 N–H and O–H groups in total. The third-order valence-electron chi connectivity index (χ3n) is 4.03. The first-order valence-electron chi connectivity index (χ1n) is 7.40. The number of carbonyl (C=O) groups excluding carboxylic acids is 2. The molecule has 1 atom stereocenters. The molecule has 0 bridgehead atoms. The standard InChI is InChI=1S/C19H17NO3/c1-13(14-7-3-2-4-8-14)11-15(21)12-19(23)16-9-5-6-10-17(16)20-18(19)22/h2-11,23H,12H2,1H3,(H,20,22)/b13-11+/t19-/m0/s1. The van der Waals surface area contributed by atoms with Crippen LogP contribution < -0.4 is 5.32 Å². The minimum Gasteiger partial charge on any atom is -0.375 e. The fourth-order valence-electron chi connectivity index (χ4n) is 2.81. The van der Waals surface area contributed by atoms with Crippen molar-refractivity contribution in [3.05, 3.63) is 71.8 Å². The SMILES string of the molecule is C/C(=C\C(=O)C[C@@]1(O)C(=O)Nc2ccccc21)c1ccccc1. The molecule has 2 aromatic rings. The molecule has 116 valence electrons. The Morgan fingerprint density at radius 2 is 1.78 bits per heavy atom. The van der Waals surface area contributed by atoms with E-state index in [2.05, 4.69) is 5.32 Å². The van der Waals surface area contributed by atoms with E-state index < -0.39 is 11.5 Å². The van der Waals surface area contributed by atoms with E-state index in [9.17, 15) is 14.7 Å². The van der Waals surface area contributed by atoms with Crippen LogP contribution in [0.5, 0.6) is 0 Å². The molecule has 23 heavy (non-hydrogen) atoms. The summed E-state index contributed by atoms with van der Waals surface area (Å²) in [5.74, 6) is -0.849. The average molecular weight is 307 g/mol. The van der Waals surface area contributed by atoms with Crippen molar-refractivity contribution in [1.29, 1.82) is 0 Å². The summed E-state index contributed by atoms with van der Waals surface area (Å²) in [5.41, 5.74) is 0.928. The number of benzene rings is 2. The summed E-state index contributed by atoms with van der Waals surface area (Å²) < 4.78 is 0. The molecule has 0 radical (unpaired) electrons. The quantitative estimate of drug-likeness (QED) is 0.854. The minimum atomic E-state index is -1.80. The van der Waals surface area contributed by atoms with Gasteiger partial charge in [0.05, 0.1) is 6.42 Å². The Kier molecular flexibility index (Phi) is 3.84. The predicted molar refractivity (Wildman–Crippen MR) is 88.7 cm³/mol. The molecule has 0 aromatic heterocycles. The van der Waals surface area contributed by atoms with Crippen molar-refractivity contribution >= 4 is 23.0 Å². The fraction of sp³-hybridized carbons (Fsp3) is 0.158. The molecule has 4 nitrogen and oxygen atoms in total. The number of nitrogens with one attached hydrogen (secondary N) is 1. The van der Waals surface area contributed by atoms with Gasteiger partial charge in [-0.15, -0.1) is 0 Å². The highest BCUT2D eigenvalue weighted by molar-refractivity contribution is 6.09. The lowest BCUT2D eigenvalue weighted by Crippen LogP contribution is -2.36. The number of ketones is 1. The number of fused-ring (bicyclic) bond motifs is 1. The van der Waals surface area contributed by atoms with Crippen molar-refractivity contribution in [3.63, 3.8) is 0 Å². The number of para-hydroxylation sites is 1. The Hall–Kier alpha value is -2.72. The monoisotopic (exact) mass is 307 g/mol. The third-order valence-corrected chi connectivity index (χ3v) is 4.03. The van der Waals surface area contributed by atoms with Crippen LogP contribution in [0.1, 0.15) is 24.5 Å². The highest BCUT2D eigenvalue weighted by atomic mass is 16.3. The molecule has 1 aliphatic heterocycles. The van der Waals surface area contributed by atoms with Crippen LogP contribution in [-0.2, 0) is 15.2 Å². The third kappa shape index (κ3) is 2.81. The zero-order valence-corrected chi connectivity index (χ0v) is 12.7. The molecule has 0 fully saturated rings. The summed E-state index contributed by atoms with van der Waals surface area (Å²) in [6.07, 6.45) is 1.20. The molecule has 0 saturated carbocycles. The van der Waals surface area contributed by atoms with Gasteiger partial charge in [0.2, 0.25) is 0 Å². The Labute approximate surface area is 134 Å². The second-order valence-electron chi connectivity index (χ2n) is 5.70. The molecule has 0 aliphatic carbocycles. The molecule has 2 aromatic carbocycles. The minimum absolute atomic E-state index is 0.278. The maximum atomic E-state index is 12.3. The molecule has 1 aliphatic rings. The van der Waals surface area contributed by atoms with Crippen LogP contribution in [0.15, 0.2) is 60.7 Å². The molecule has 4 heteroatoms. The lowest BCUT2D eigenvalue weighted by atomic mass is 9.89. The fourth-order valence-corrected chi connectivity index (χ4v) is 2.81. The van der Waals surface area contributed by atoms with Gasteiger partial charge in [0, 0.05) is 11.3 Å². The maximum Gasteiger partial charge on any atom is 0.261 e. The first-order chi connectivity index (χ1) is 11.0. The maximum absolute atomic E-state index is 12.3. The number of hydrogen-bond donors (Lipinski definition) is 2.